The first kappa shape index (κ1) is 15.8. The third-order valence-corrected chi connectivity index (χ3v) is 2.58. The number of aliphatic hydroxyl groups excluding tert-OH is 1. The Kier molecular flexibility index (Phi) is 5.17. The van der Waals surface area contributed by atoms with Crippen molar-refractivity contribution in [1.82, 2.24) is 0 Å². The summed E-state index contributed by atoms with van der Waals surface area (Å²) in [5.41, 5.74) is 6.23. The zero-order chi connectivity index (χ0) is 14.6. The first-order valence-corrected chi connectivity index (χ1v) is 6.26. The summed E-state index contributed by atoms with van der Waals surface area (Å²) in [6.45, 7) is 5.11. The molecule has 6 heteroatoms. The Morgan fingerprint density at radius 1 is 1.53 bits per heavy atom. The highest BCUT2D eigenvalue weighted by Crippen LogP contribution is 2.25. The van der Waals surface area contributed by atoms with Crippen LogP contribution in [0, 0.1) is 0 Å². The Morgan fingerprint density at radius 2 is 2.16 bits per heavy atom. The molecule has 106 valence electrons. The van der Waals surface area contributed by atoms with E-state index in [0.717, 1.165) is 0 Å². The van der Waals surface area contributed by atoms with Crippen molar-refractivity contribution < 1.29 is 14.6 Å². The van der Waals surface area contributed by atoms with Gasteiger partial charge in [-0.15, -0.1) is 0 Å². The molecule has 0 aliphatic heterocycles. The van der Waals surface area contributed by atoms with Crippen molar-refractivity contribution in [2.45, 2.75) is 32.4 Å². The second-order valence-corrected chi connectivity index (χ2v) is 5.56. The minimum absolute atomic E-state index is 0.227. The van der Waals surface area contributed by atoms with Crippen LogP contribution in [0.3, 0.4) is 0 Å². The Labute approximate surface area is 117 Å². The SMILES string of the molecule is CC(C)(C)OC(=O)Nc1ccc(Cl)c([C@@H](N)CO)c1. The molecule has 0 saturated heterocycles. The maximum atomic E-state index is 11.6. The number of carbonyl (C=O) groups is 1. The summed E-state index contributed by atoms with van der Waals surface area (Å²) in [7, 11) is 0. The van der Waals surface area contributed by atoms with Gasteiger partial charge in [0.05, 0.1) is 12.6 Å². The number of halogens is 1. The maximum absolute atomic E-state index is 11.6. The molecule has 0 aliphatic carbocycles. The molecule has 1 atom stereocenters. The molecular formula is C13H19ClN2O3. The van der Waals surface area contributed by atoms with Crippen LogP contribution in [0.15, 0.2) is 18.2 Å². The zero-order valence-electron chi connectivity index (χ0n) is 11.2. The van der Waals surface area contributed by atoms with E-state index in [4.69, 9.17) is 27.2 Å². The lowest BCUT2D eigenvalue weighted by Gasteiger charge is -2.20. The van der Waals surface area contributed by atoms with Gasteiger partial charge in [-0.2, -0.15) is 0 Å². The number of ether oxygens (including phenoxy) is 1. The average molecular weight is 287 g/mol. The molecule has 0 aromatic heterocycles. The second-order valence-electron chi connectivity index (χ2n) is 5.15. The van der Waals surface area contributed by atoms with E-state index >= 15 is 0 Å². The van der Waals surface area contributed by atoms with Crippen LogP contribution >= 0.6 is 11.6 Å². The van der Waals surface area contributed by atoms with Gasteiger partial charge in [0.1, 0.15) is 5.60 Å². The van der Waals surface area contributed by atoms with Crippen LogP contribution < -0.4 is 11.1 Å². The van der Waals surface area contributed by atoms with Gasteiger partial charge in [0.2, 0.25) is 0 Å². The monoisotopic (exact) mass is 286 g/mol. The highest BCUT2D eigenvalue weighted by Gasteiger charge is 2.17. The topological polar surface area (TPSA) is 84.6 Å². The number of aliphatic hydroxyl groups is 1. The van der Waals surface area contributed by atoms with E-state index in [-0.39, 0.29) is 6.61 Å². The highest BCUT2D eigenvalue weighted by molar-refractivity contribution is 6.31. The van der Waals surface area contributed by atoms with Crippen LogP contribution in [0.2, 0.25) is 5.02 Å². The van der Waals surface area contributed by atoms with E-state index in [2.05, 4.69) is 5.32 Å². The van der Waals surface area contributed by atoms with Gasteiger partial charge < -0.3 is 15.6 Å². The van der Waals surface area contributed by atoms with Crippen LogP contribution in [-0.4, -0.2) is 23.4 Å². The third-order valence-electron chi connectivity index (χ3n) is 2.24. The van der Waals surface area contributed by atoms with E-state index in [1.165, 1.54) is 0 Å². The molecule has 0 heterocycles. The summed E-state index contributed by atoms with van der Waals surface area (Å²) < 4.78 is 5.13. The van der Waals surface area contributed by atoms with E-state index in [1.807, 2.05) is 0 Å². The Balaban J connectivity index is 2.83. The first-order valence-electron chi connectivity index (χ1n) is 5.89. The summed E-state index contributed by atoms with van der Waals surface area (Å²) in [6, 6.07) is 4.28. The molecular weight excluding hydrogens is 268 g/mol. The minimum atomic E-state index is -0.590. The number of anilines is 1. The lowest BCUT2D eigenvalue weighted by molar-refractivity contribution is 0.0636. The molecule has 1 rings (SSSR count). The number of amides is 1. The molecule has 0 spiro atoms. The van der Waals surface area contributed by atoms with Crippen molar-refractivity contribution in [1.29, 1.82) is 0 Å². The van der Waals surface area contributed by atoms with Crippen molar-refractivity contribution in [3.05, 3.63) is 28.8 Å². The standard InChI is InChI=1S/C13H19ClN2O3/c1-13(2,3)19-12(18)16-8-4-5-10(14)9(6-8)11(15)7-17/h4-6,11,17H,7,15H2,1-3H3,(H,16,18)/t11-/m0/s1. The molecule has 19 heavy (non-hydrogen) atoms. The number of benzene rings is 1. The van der Waals surface area contributed by atoms with Crippen molar-refractivity contribution in [3.63, 3.8) is 0 Å². The van der Waals surface area contributed by atoms with Crippen molar-refractivity contribution in [2.75, 3.05) is 11.9 Å². The van der Waals surface area contributed by atoms with E-state index in [9.17, 15) is 4.79 Å². The van der Waals surface area contributed by atoms with Gasteiger partial charge in [0.15, 0.2) is 0 Å². The van der Waals surface area contributed by atoms with Gasteiger partial charge in [-0.1, -0.05) is 11.6 Å². The third kappa shape index (κ3) is 5.06. The van der Waals surface area contributed by atoms with Gasteiger partial charge in [-0.25, -0.2) is 4.79 Å². The number of hydrogen-bond donors (Lipinski definition) is 3. The lowest BCUT2D eigenvalue weighted by Crippen LogP contribution is -2.27. The fourth-order valence-electron chi connectivity index (χ4n) is 1.43. The van der Waals surface area contributed by atoms with Gasteiger partial charge >= 0.3 is 6.09 Å². The fourth-order valence-corrected chi connectivity index (χ4v) is 1.68. The summed E-state index contributed by atoms with van der Waals surface area (Å²) in [5.74, 6) is 0. The van der Waals surface area contributed by atoms with E-state index in [0.29, 0.717) is 16.3 Å². The Bertz CT molecular complexity index is 458. The molecule has 5 nitrogen and oxygen atoms in total. The minimum Gasteiger partial charge on any atom is -0.444 e. The number of rotatable bonds is 3. The Hall–Kier alpha value is -1.30. The molecule has 0 saturated carbocycles. The number of nitrogens with one attached hydrogen (secondary N) is 1. The zero-order valence-corrected chi connectivity index (χ0v) is 12.0. The first-order chi connectivity index (χ1) is 8.73. The number of carbonyl (C=O) groups excluding carboxylic acids is 1. The second kappa shape index (κ2) is 6.23. The molecule has 0 unspecified atom stereocenters. The highest BCUT2D eigenvalue weighted by atomic mass is 35.5. The predicted octanol–water partition coefficient (Wildman–Crippen LogP) is 2.68. The summed E-state index contributed by atoms with van der Waals surface area (Å²) >= 11 is 5.98. The van der Waals surface area contributed by atoms with Crippen LogP contribution in [0.5, 0.6) is 0 Å². The Morgan fingerprint density at radius 3 is 2.68 bits per heavy atom. The average Bonchev–Trinajstić information content (AvgIpc) is 2.28. The van der Waals surface area contributed by atoms with Gasteiger partial charge in [-0.05, 0) is 44.5 Å². The van der Waals surface area contributed by atoms with Gasteiger partial charge in [0, 0.05) is 10.7 Å². The number of nitrogens with two attached hydrogens (primary N) is 1. The van der Waals surface area contributed by atoms with Crippen LogP contribution in [-0.2, 0) is 4.74 Å². The van der Waals surface area contributed by atoms with Crippen LogP contribution in [0.25, 0.3) is 0 Å². The number of hydrogen-bond acceptors (Lipinski definition) is 4. The largest absolute Gasteiger partial charge is 0.444 e. The van der Waals surface area contributed by atoms with Gasteiger partial charge in [-0.3, -0.25) is 5.32 Å². The molecule has 0 bridgehead atoms. The maximum Gasteiger partial charge on any atom is 0.412 e. The molecule has 0 radical (unpaired) electrons. The van der Waals surface area contributed by atoms with Gasteiger partial charge in [0.25, 0.3) is 0 Å². The smallest absolute Gasteiger partial charge is 0.412 e. The van der Waals surface area contributed by atoms with Crippen LogP contribution in [0.1, 0.15) is 32.4 Å². The summed E-state index contributed by atoms with van der Waals surface area (Å²) in [5, 5.41) is 12.1. The molecule has 4 N–H and O–H groups in total. The molecule has 1 aromatic rings. The van der Waals surface area contributed by atoms with Crippen molar-refractivity contribution >= 4 is 23.4 Å². The summed E-state index contributed by atoms with van der Waals surface area (Å²) in [4.78, 5) is 11.6. The van der Waals surface area contributed by atoms with Crippen molar-refractivity contribution in [3.8, 4) is 0 Å². The van der Waals surface area contributed by atoms with Crippen LogP contribution in [0.4, 0.5) is 10.5 Å². The summed E-state index contributed by atoms with van der Waals surface area (Å²) in [6.07, 6.45) is -0.557. The molecule has 1 amide bonds. The van der Waals surface area contributed by atoms with E-state index < -0.39 is 17.7 Å². The quantitative estimate of drug-likeness (QED) is 0.797. The molecule has 0 fully saturated rings. The normalized spacial score (nSPS) is 12.9. The van der Waals surface area contributed by atoms with E-state index in [1.54, 1.807) is 39.0 Å². The molecule has 1 aromatic carbocycles. The lowest BCUT2D eigenvalue weighted by atomic mass is 10.1. The predicted molar refractivity (Wildman–Crippen MR) is 75.3 cm³/mol. The van der Waals surface area contributed by atoms with Crippen molar-refractivity contribution in [2.24, 2.45) is 5.73 Å². The fraction of sp³-hybridized carbons (Fsp3) is 0.462. The molecule has 0 aliphatic rings.